The van der Waals surface area contributed by atoms with Crippen LogP contribution >= 0.6 is 0 Å². The first-order valence-corrected chi connectivity index (χ1v) is 9.03. The second kappa shape index (κ2) is 6.11. The van der Waals surface area contributed by atoms with Crippen LogP contribution in [-0.4, -0.2) is 38.3 Å². The molecule has 0 amide bonds. The molecule has 1 N–H and O–H groups in total. The molecule has 1 aliphatic carbocycles. The number of H-pyrrole nitrogens is 1. The average Bonchev–Trinajstić information content (AvgIpc) is 3.32. The van der Waals surface area contributed by atoms with E-state index in [2.05, 4.69) is 49.5 Å². The maximum Gasteiger partial charge on any atom is 0.229 e. The number of hydrogen-bond donors (Lipinski definition) is 1. The van der Waals surface area contributed by atoms with E-state index in [0.29, 0.717) is 5.92 Å². The Bertz CT molecular complexity index is 865. The summed E-state index contributed by atoms with van der Waals surface area (Å²) >= 11 is 0. The molecular formula is C19H21N5O. The van der Waals surface area contributed by atoms with E-state index in [0.717, 1.165) is 49.9 Å². The van der Waals surface area contributed by atoms with Gasteiger partial charge in [0.1, 0.15) is 0 Å². The summed E-state index contributed by atoms with van der Waals surface area (Å²) in [6.07, 6.45) is 4.34. The first-order chi connectivity index (χ1) is 12.4. The van der Waals surface area contributed by atoms with Gasteiger partial charge in [-0.15, -0.1) is 0 Å². The number of fused-ring (bicyclic) bond motifs is 1. The molecule has 5 rings (SSSR count). The normalized spacial score (nSPS) is 18.1. The molecule has 0 unspecified atom stereocenters. The van der Waals surface area contributed by atoms with Crippen molar-refractivity contribution in [2.24, 2.45) is 0 Å². The lowest BCUT2D eigenvalue weighted by atomic mass is 10.0. The van der Waals surface area contributed by atoms with Gasteiger partial charge in [-0.1, -0.05) is 35.5 Å². The van der Waals surface area contributed by atoms with Crippen LogP contribution in [0.3, 0.4) is 0 Å². The third-order valence-electron chi connectivity index (χ3n) is 5.13. The lowest BCUT2D eigenvalue weighted by molar-refractivity contribution is 0.265. The van der Waals surface area contributed by atoms with Crippen molar-refractivity contribution in [2.75, 3.05) is 13.1 Å². The molecule has 25 heavy (non-hydrogen) atoms. The molecular weight excluding hydrogens is 314 g/mol. The number of rotatable bonds is 4. The van der Waals surface area contributed by atoms with Crippen molar-refractivity contribution in [3.05, 3.63) is 53.3 Å². The molecule has 0 saturated heterocycles. The fraction of sp³-hybridized carbons (Fsp3) is 0.421. The van der Waals surface area contributed by atoms with Gasteiger partial charge < -0.3 is 4.52 Å². The van der Waals surface area contributed by atoms with Crippen molar-refractivity contribution < 1.29 is 4.52 Å². The highest BCUT2D eigenvalue weighted by atomic mass is 16.5. The monoisotopic (exact) mass is 335 g/mol. The van der Waals surface area contributed by atoms with Gasteiger partial charge in [-0.05, 0) is 19.3 Å². The first kappa shape index (κ1) is 14.8. The maximum absolute atomic E-state index is 5.38. The number of nitrogens with one attached hydrogen (secondary N) is 1. The fourth-order valence-corrected chi connectivity index (χ4v) is 3.55. The van der Waals surface area contributed by atoms with Crippen molar-refractivity contribution in [1.29, 1.82) is 0 Å². The van der Waals surface area contributed by atoms with E-state index in [1.165, 1.54) is 29.7 Å². The zero-order valence-electron chi connectivity index (χ0n) is 14.1. The highest BCUT2D eigenvalue weighted by Gasteiger charge is 2.30. The Labute approximate surface area is 146 Å². The molecule has 2 aliphatic rings. The molecule has 0 radical (unpaired) electrons. The number of aromatic nitrogens is 4. The Morgan fingerprint density at radius 1 is 1.12 bits per heavy atom. The molecule has 0 bridgehead atoms. The fourth-order valence-electron chi connectivity index (χ4n) is 3.55. The van der Waals surface area contributed by atoms with Gasteiger partial charge in [-0.25, -0.2) is 0 Å². The third kappa shape index (κ3) is 2.98. The van der Waals surface area contributed by atoms with Crippen LogP contribution in [0.4, 0.5) is 0 Å². The second-order valence-corrected chi connectivity index (χ2v) is 6.99. The lowest BCUT2D eigenvalue weighted by Gasteiger charge is -2.17. The van der Waals surface area contributed by atoms with Crippen LogP contribution in [0.15, 0.2) is 34.9 Å². The molecule has 6 nitrogen and oxygen atoms in total. The van der Waals surface area contributed by atoms with E-state index < -0.39 is 0 Å². The highest BCUT2D eigenvalue weighted by molar-refractivity contribution is 5.64. The molecule has 128 valence electrons. The summed E-state index contributed by atoms with van der Waals surface area (Å²) in [5.41, 5.74) is 4.88. The Kier molecular flexibility index (Phi) is 3.63. The van der Waals surface area contributed by atoms with Crippen LogP contribution in [0.5, 0.6) is 0 Å². The van der Waals surface area contributed by atoms with Gasteiger partial charge in [-0.3, -0.25) is 10.00 Å². The zero-order chi connectivity index (χ0) is 16.6. The molecule has 3 aromatic rings. The van der Waals surface area contributed by atoms with Crippen LogP contribution in [0.25, 0.3) is 11.3 Å². The third-order valence-corrected chi connectivity index (χ3v) is 5.13. The van der Waals surface area contributed by atoms with Crippen molar-refractivity contribution in [3.63, 3.8) is 0 Å². The van der Waals surface area contributed by atoms with E-state index in [1.54, 1.807) is 0 Å². The van der Waals surface area contributed by atoms with Gasteiger partial charge >= 0.3 is 0 Å². The molecule has 1 saturated carbocycles. The van der Waals surface area contributed by atoms with Crippen LogP contribution in [0, 0.1) is 0 Å². The Balaban J connectivity index is 1.30. The molecule has 0 spiro atoms. The summed E-state index contributed by atoms with van der Waals surface area (Å²) < 4.78 is 5.38. The summed E-state index contributed by atoms with van der Waals surface area (Å²) in [7, 11) is 0. The Morgan fingerprint density at radius 3 is 2.80 bits per heavy atom. The smallest absolute Gasteiger partial charge is 0.229 e. The minimum Gasteiger partial charge on any atom is -0.339 e. The predicted molar refractivity (Wildman–Crippen MR) is 93.0 cm³/mol. The van der Waals surface area contributed by atoms with Gasteiger partial charge in [0.05, 0.1) is 12.2 Å². The van der Waals surface area contributed by atoms with Gasteiger partial charge in [0, 0.05) is 42.2 Å². The molecule has 1 aliphatic heterocycles. The van der Waals surface area contributed by atoms with Crippen molar-refractivity contribution >= 4 is 0 Å². The van der Waals surface area contributed by atoms with E-state index in [1.807, 2.05) is 6.07 Å². The summed E-state index contributed by atoms with van der Waals surface area (Å²) in [5.74, 6) is 2.16. The van der Waals surface area contributed by atoms with E-state index in [4.69, 9.17) is 4.52 Å². The van der Waals surface area contributed by atoms with Crippen molar-refractivity contribution in [1.82, 2.24) is 25.2 Å². The largest absolute Gasteiger partial charge is 0.339 e. The molecule has 0 atom stereocenters. The minimum atomic E-state index is 0.518. The van der Waals surface area contributed by atoms with E-state index in [-0.39, 0.29) is 0 Å². The number of benzene rings is 1. The van der Waals surface area contributed by atoms with Crippen molar-refractivity contribution in [3.8, 4) is 11.3 Å². The average molecular weight is 335 g/mol. The van der Waals surface area contributed by atoms with Crippen LogP contribution in [-0.2, 0) is 19.4 Å². The quantitative estimate of drug-likeness (QED) is 0.794. The summed E-state index contributed by atoms with van der Waals surface area (Å²) in [6, 6.07) is 10.4. The molecule has 1 aromatic carbocycles. The van der Waals surface area contributed by atoms with Gasteiger partial charge in [0.2, 0.25) is 5.89 Å². The summed E-state index contributed by atoms with van der Waals surface area (Å²) in [6.45, 7) is 2.73. The van der Waals surface area contributed by atoms with Gasteiger partial charge in [-0.2, -0.15) is 10.1 Å². The van der Waals surface area contributed by atoms with Crippen LogP contribution < -0.4 is 0 Å². The van der Waals surface area contributed by atoms with Crippen LogP contribution in [0.2, 0.25) is 0 Å². The second-order valence-electron chi connectivity index (χ2n) is 6.99. The number of aromatic amines is 1. The van der Waals surface area contributed by atoms with E-state index >= 15 is 0 Å². The topological polar surface area (TPSA) is 70.8 Å². The number of nitrogens with zero attached hydrogens (tertiary/aromatic N) is 4. The summed E-state index contributed by atoms with van der Waals surface area (Å²) in [4.78, 5) is 6.97. The minimum absolute atomic E-state index is 0.518. The molecule has 1 fully saturated rings. The lowest BCUT2D eigenvalue weighted by Crippen LogP contribution is -2.26. The Morgan fingerprint density at radius 2 is 1.96 bits per heavy atom. The molecule has 2 aromatic heterocycles. The van der Waals surface area contributed by atoms with Gasteiger partial charge in [0.25, 0.3) is 0 Å². The maximum atomic E-state index is 5.38. The molecule has 6 heteroatoms. The standard InChI is InChI=1S/C19H21N5O/c1-2-4-13(5-3-1)18-15-8-10-24(11-9-16(15)21-22-18)12-17-20-19(25-23-17)14-6-7-14/h1-5,14H,6-12H2,(H,21,22). The predicted octanol–water partition coefficient (Wildman–Crippen LogP) is 2.94. The highest BCUT2D eigenvalue weighted by Crippen LogP contribution is 2.38. The van der Waals surface area contributed by atoms with Crippen molar-refractivity contribution in [2.45, 2.75) is 38.1 Å². The zero-order valence-corrected chi connectivity index (χ0v) is 14.1. The van der Waals surface area contributed by atoms with E-state index in [9.17, 15) is 0 Å². The van der Waals surface area contributed by atoms with Crippen LogP contribution in [0.1, 0.15) is 41.7 Å². The molecule has 3 heterocycles. The number of hydrogen-bond acceptors (Lipinski definition) is 5. The summed E-state index contributed by atoms with van der Waals surface area (Å²) in [5, 5.41) is 12.0. The Hall–Kier alpha value is -2.47. The SMILES string of the molecule is c1ccc(-c2n[nH]c3c2CCN(Cc2noc(C4CC4)n2)CC3)cc1. The van der Waals surface area contributed by atoms with Gasteiger partial charge in [0.15, 0.2) is 5.82 Å². The first-order valence-electron chi connectivity index (χ1n) is 9.03.